The Morgan fingerprint density at radius 2 is 2.00 bits per heavy atom. The topological polar surface area (TPSA) is 89.0 Å². The van der Waals surface area contributed by atoms with Crippen LogP contribution in [0.2, 0.25) is 0 Å². The van der Waals surface area contributed by atoms with E-state index in [2.05, 4.69) is 4.98 Å². The van der Waals surface area contributed by atoms with E-state index in [0.717, 1.165) is 4.90 Å². The highest BCUT2D eigenvalue weighted by Gasteiger charge is 2.16. The summed E-state index contributed by atoms with van der Waals surface area (Å²) in [5, 5.41) is 19.5. The highest BCUT2D eigenvalue weighted by molar-refractivity contribution is 7.98. The molecular formula is C13H9N3O3S. The zero-order chi connectivity index (χ0) is 14.5. The summed E-state index contributed by atoms with van der Waals surface area (Å²) in [6.45, 7) is 0. The number of rotatable bonds is 4. The second-order valence-corrected chi connectivity index (χ2v) is 4.54. The first-order valence-corrected chi connectivity index (χ1v) is 6.74. The number of nitro groups is 1. The van der Waals surface area contributed by atoms with Gasteiger partial charge in [0.05, 0.1) is 4.92 Å². The first kappa shape index (κ1) is 13.8. The summed E-state index contributed by atoms with van der Waals surface area (Å²) in [7, 11) is 0. The molecule has 2 aromatic rings. The van der Waals surface area contributed by atoms with Gasteiger partial charge in [0.2, 0.25) is 11.6 Å². The van der Waals surface area contributed by atoms with E-state index in [4.69, 9.17) is 10.00 Å². The molecule has 0 radical (unpaired) electrons. The molecular weight excluding hydrogens is 278 g/mol. The molecule has 0 saturated heterocycles. The Kier molecular flexibility index (Phi) is 4.17. The SMILES string of the molecule is CSc1ccc(Oc2ccc([N+](=O)[O-])c(C#N)n2)cc1. The molecule has 0 amide bonds. The van der Waals surface area contributed by atoms with Crippen molar-refractivity contribution in [3.63, 3.8) is 0 Å². The van der Waals surface area contributed by atoms with Crippen molar-refractivity contribution in [3.8, 4) is 17.7 Å². The zero-order valence-corrected chi connectivity index (χ0v) is 11.3. The summed E-state index contributed by atoms with van der Waals surface area (Å²) in [6.07, 6.45) is 1.97. The molecule has 100 valence electrons. The number of nitriles is 1. The molecule has 0 bridgehead atoms. The fourth-order valence-electron chi connectivity index (χ4n) is 1.48. The molecule has 0 atom stereocenters. The van der Waals surface area contributed by atoms with Gasteiger partial charge in [0.25, 0.3) is 0 Å². The van der Waals surface area contributed by atoms with Gasteiger partial charge < -0.3 is 4.74 Å². The predicted molar refractivity (Wildman–Crippen MR) is 73.9 cm³/mol. The molecule has 0 N–H and O–H groups in total. The van der Waals surface area contributed by atoms with Crippen molar-refractivity contribution in [1.82, 2.24) is 4.98 Å². The minimum atomic E-state index is -0.650. The third-order valence-electron chi connectivity index (χ3n) is 2.43. The van der Waals surface area contributed by atoms with Gasteiger partial charge >= 0.3 is 5.69 Å². The fraction of sp³-hybridized carbons (Fsp3) is 0.0769. The summed E-state index contributed by atoms with van der Waals surface area (Å²) in [5.74, 6) is 0.692. The Bertz CT molecular complexity index is 680. The van der Waals surface area contributed by atoms with Gasteiger partial charge in [-0.05, 0) is 30.5 Å². The molecule has 6 nitrogen and oxygen atoms in total. The van der Waals surface area contributed by atoms with Crippen LogP contribution in [0.4, 0.5) is 5.69 Å². The van der Waals surface area contributed by atoms with E-state index in [1.807, 2.05) is 18.4 Å². The fourth-order valence-corrected chi connectivity index (χ4v) is 1.89. The smallest absolute Gasteiger partial charge is 0.305 e. The van der Waals surface area contributed by atoms with Gasteiger partial charge in [0, 0.05) is 17.0 Å². The van der Waals surface area contributed by atoms with Crippen molar-refractivity contribution in [1.29, 1.82) is 5.26 Å². The van der Waals surface area contributed by atoms with Crippen molar-refractivity contribution >= 4 is 17.4 Å². The summed E-state index contributed by atoms with van der Waals surface area (Å²) in [5.41, 5.74) is -0.606. The van der Waals surface area contributed by atoms with Crippen molar-refractivity contribution in [2.24, 2.45) is 0 Å². The molecule has 7 heteroatoms. The maximum Gasteiger partial charge on any atom is 0.305 e. The van der Waals surface area contributed by atoms with Crippen molar-refractivity contribution in [3.05, 3.63) is 52.2 Å². The summed E-state index contributed by atoms with van der Waals surface area (Å²) < 4.78 is 5.46. The monoisotopic (exact) mass is 287 g/mol. The van der Waals surface area contributed by atoms with Crippen LogP contribution in [0.5, 0.6) is 11.6 Å². The third kappa shape index (κ3) is 3.05. The second kappa shape index (κ2) is 6.04. The second-order valence-electron chi connectivity index (χ2n) is 3.66. The quantitative estimate of drug-likeness (QED) is 0.486. The normalized spacial score (nSPS) is 9.80. The average molecular weight is 287 g/mol. The van der Waals surface area contributed by atoms with Crippen LogP contribution in [0.25, 0.3) is 0 Å². The minimum absolute atomic E-state index is 0.143. The molecule has 2 rings (SSSR count). The molecule has 0 saturated carbocycles. The number of pyridine rings is 1. The lowest BCUT2D eigenvalue weighted by Crippen LogP contribution is -1.97. The number of nitrogens with zero attached hydrogens (tertiary/aromatic N) is 3. The van der Waals surface area contributed by atoms with Gasteiger partial charge in [0.15, 0.2) is 0 Å². The first-order chi connectivity index (χ1) is 9.63. The van der Waals surface area contributed by atoms with Gasteiger partial charge in [-0.25, -0.2) is 0 Å². The van der Waals surface area contributed by atoms with E-state index >= 15 is 0 Å². The molecule has 0 aliphatic carbocycles. The first-order valence-electron chi connectivity index (χ1n) is 5.51. The molecule has 20 heavy (non-hydrogen) atoms. The lowest BCUT2D eigenvalue weighted by Gasteiger charge is -2.05. The van der Waals surface area contributed by atoms with Gasteiger partial charge in [-0.15, -0.1) is 11.8 Å². The lowest BCUT2D eigenvalue weighted by atomic mass is 10.3. The summed E-state index contributed by atoms with van der Waals surface area (Å²) in [4.78, 5) is 15.0. The van der Waals surface area contributed by atoms with Gasteiger partial charge in [-0.3, -0.25) is 10.1 Å². The average Bonchev–Trinajstić information content (AvgIpc) is 2.47. The third-order valence-corrected chi connectivity index (χ3v) is 3.18. The Hall–Kier alpha value is -2.59. The zero-order valence-electron chi connectivity index (χ0n) is 10.4. The van der Waals surface area contributed by atoms with E-state index in [9.17, 15) is 10.1 Å². The van der Waals surface area contributed by atoms with Crippen LogP contribution in [-0.4, -0.2) is 16.2 Å². The van der Waals surface area contributed by atoms with Crippen LogP contribution in [0.3, 0.4) is 0 Å². The molecule has 0 aliphatic heterocycles. The lowest BCUT2D eigenvalue weighted by molar-refractivity contribution is -0.385. The largest absolute Gasteiger partial charge is 0.439 e. The Balaban J connectivity index is 2.25. The number of ether oxygens (including phenoxy) is 1. The molecule has 1 heterocycles. The Morgan fingerprint density at radius 3 is 2.55 bits per heavy atom. The molecule has 1 aromatic heterocycles. The van der Waals surface area contributed by atoms with E-state index in [0.29, 0.717) is 5.75 Å². The van der Waals surface area contributed by atoms with E-state index in [-0.39, 0.29) is 17.3 Å². The van der Waals surface area contributed by atoms with Crippen LogP contribution < -0.4 is 4.74 Å². The van der Waals surface area contributed by atoms with E-state index in [1.54, 1.807) is 30.0 Å². The van der Waals surface area contributed by atoms with Gasteiger partial charge in [-0.1, -0.05) is 0 Å². The molecule has 0 fully saturated rings. The molecule has 0 spiro atoms. The number of hydrogen-bond donors (Lipinski definition) is 0. The standard InChI is InChI=1S/C13H9N3O3S/c1-20-10-4-2-9(3-5-10)19-13-7-6-12(16(17)18)11(8-14)15-13/h2-7H,1H3. The van der Waals surface area contributed by atoms with E-state index in [1.165, 1.54) is 12.1 Å². The number of benzene rings is 1. The summed E-state index contributed by atoms with van der Waals surface area (Å²) >= 11 is 1.61. The summed E-state index contributed by atoms with van der Waals surface area (Å²) in [6, 6.07) is 11.6. The van der Waals surface area contributed by atoms with Crippen molar-refractivity contribution in [2.75, 3.05) is 6.26 Å². The van der Waals surface area contributed by atoms with Crippen LogP contribution >= 0.6 is 11.8 Å². The molecule has 0 unspecified atom stereocenters. The van der Waals surface area contributed by atoms with Crippen molar-refractivity contribution in [2.45, 2.75) is 4.90 Å². The maximum atomic E-state index is 10.7. The maximum absolute atomic E-state index is 10.7. The van der Waals surface area contributed by atoms with Crippen LogP contribution in [0.1, 0.15) is 5.69 Å². The molecule has 0 aliphatic rings. The predicted octanol–water partition coefficient (Wildman–Crippen LogP) is 3.38. The highest BCUT2D eigenvalue weighted by atomic mass is 32.2. The van der Waals surface area contributed by atoms with Crippen LogP contribution in [0.15, 0.2) is 41.3 Å². The Labute approximate surface area is 119 Å². The number of thioether (sulfide) groups is 1. The van der Waals surface area contributed by atoms with Crippen molar-refractivity contribution < 1.29 is 9.66 Å². The number of hydrogen-bond acceptors (Lipinski definition) is 6. The van der Waals surface area contributed by atoms with E-state index < -0.39 is 4.92 Å². The van der Waals surface area contributed by atoms with Gasteiger partial charge in [0.1, 0.15) is 11.8 Å². The highest BCUT2D eigenvalue weighted by Crippen LogP contribution is 2.25. The molecule has 1 aromatic carbocycles. The van der Waals surface area contributed by atoms with Crippen LogP contribution in [-0.2, 0) is 0 Å². The van der Waals surface area contributed by atoms with Crippen LogP contribution in [0, 0.1) is 21.4 Å². The Morgan fingerprint density at radius 1 is 1.30 bits per heavy atom. The minimum Gasteiger partial charge on any atom is -0.439 e. The number of aromatic nitrogens is 1. The van der Waals surface area contributed by atoms with Gasteiger partial charge in [-0.2, -0.15) is 10.2 Å².